The summed E-state index contributed by atoms with van der Waals surface area (Å²) >= 11 is 0. The minimum absolute atomic E-state index is 0.0355. The molecule has 0 aliphatic carbocycles. The number of non-ortho nitro benzene ring substituents is 1. The standard InChI is InChI=1S/C10H9N5O4/c1-19-12-10(16)9-6-14(13-11-9)7-3-2-4-8(5-7)15(17)18/h2-6H,1H3,(H,12,16). The molecule has 0 atom stereocenters. The zero-order valence-electron chi connectivity index (χ0n) is 9.81. The highest BCUT2D eigenvalue weighted by Crippen LogP contribution is 2.15. The van der Waals surface area contributed by atoms with E-state index in [0.717, 1.165) is 0 Å². The lowest BCUT2D eigenvalue weighted by Gasteiger charge is -1.99. The predicted octanol–water partition coefficient (Wildman–Crippen LogP) is 0.467. The van der Waals surface area contributed by atoms with Crippen molar-refractivity contribution in [2.75, 3.05) is 7.11 Å². The second-order valence-electron chi connectivity index (χ2n) is 3.46. The van der Waals surface area contributed by atoms with Gasteiger partial charge < -0.3 is 0 Å². The van der Waals surface area contributed by atoms with Gasteiger partial charge in [-0.3, -0.25) is 19.7 Å². The number of nitro benzene ring substituents is 1. The number of hydrogen-bond acceptors (Lipinski definition) is 6. The molecule has 98 valence electrons. The Labute approximate surface area is 106 Å². The molecular weight excluding hydrogens is 254 g/mol. The van der Waals surface area contributed by atoms with Crippen molar-refractivity contribution in [3.05, 3.63) is 46.3 Å². The minimum Gasteiger partial charge on any atom is -0.277 e. The molecule has 1 aromatic carbocycles. The van der Waals surface area contributed by atoms with Crippen LogP contribution in [0.3, 0.4) is 0 Å². The molecule has 0 aliphatic rings. The summed E-state index contributed by atoms with van der Waals surface area (Å²) in [5, 5.41) is 18.0. The molecule has 19 heavy (non-hydrogen) atoms. The number of benzene rings is 1. The van der Waals surface area contributed by atoms with Gasteiger partial charge in [-0.1, -0.05) is 11.3 Å². The zero-order valence-corrected chi connectivity index (χ0v) is 9.81. The largest absolute Gasteiger partial charge is 0.297 e. The van der Waals surface area contributed by atoms with Crippen LogP contribution in [0, 0.1) is 10.1 Å². The summed E-state index contributed by atoms with van der Waals surface area (Å²) in [6, 6.07) is 5.81. The van der Waals surface area contributed by atoms with Crippen molar-refractivity contribution in [2.24, 2.45) is 0 Å². The van der Waals surface area contributed by atoms with Crippen LogP contribution in [0.2, 0.25) is 0 Å². The topological polar surface area (TPSA) is 112 Å². The zero-order chi connectivity index (χ0) is 13.8. The summed E-state index contributed by atoms with van der Waals surface area (Å²) in [6.07, 6.45) is 1.34. The Morgan fingerprint density at radius 2 is 2.32 bits per heavy atom. The summed E-state index contributed by atoms with van der Waals surface area (Å²) in [6.45, 7) is 0. The number of nitro groups is 1. The van der Waals surface area contributed by atoms with Crippen LogP contribution >= 0.6 is 0 Å². The summed E-state index contributed by atoms with van der Waals surface area (Å²) in [7, 11) is 1.29. The van der Waals surface area contributed by atoms with Crippen molar-refractivity contribution in [3.63, 3.8) is 0 Å². The lowest BCUT2D eigenvalue weighted by atomic mass is 10.3. The van der Waals surface area contributed by atoms with E-state index >= 15 is 0 Å². The van der Waals surface area contributed by atoms with E-state index in [0.29, 0.717) is 5.69 Å². The molecule has 9 heteroatoms. The molecule has 2 aromatic rings. The van der Waals surface area contributed by atoms with Gasteiger partial charge in [-0.05, 0) is 6.07 Å². The summed E-state index contributed by atoms with van der Waals surface area (Å²) < 4.78 is 1.26. The van der Waals surface area contributed by atoms with E-state index in [1.54, 1.807) is 6.07 Å². The van der Waals surface area contributed by atoms with Crippen LogP contribution in [0.5, 0.6) is 0 Å². The second kappa shape index (κ2) is 5.23. The van der Waals surface area contributed by atoms with Crippen molar-refractivity contribution >= 4 is 11.6 Å². The lowest BCUT2D eigenvalue weighted by molar-refractivity contribution is -0.384. The molecule has 0 aliphatic heterocycles. The van der Waals surface area contributed by atoms with Crippen LogP contribution in [0.25, 0.3) is 5.69 Å². The molecule has 0 spiro atoms. The molecule has 2 rings (SSSR count). The van der Waals surface area contributed by atoms with Crippen LogP contribution < -0.4 is 5.48 Å². The SMILES string of the molecule is CONC(=O)c1cn(-c2cccc([N+](=O)[O-])c2)nn1. The normalized spacial score (nSPS) is 10.2. The maximum Gasteiger partial charge on any atom is 0.297 e. The molecule has 0 radical (unpaired) electrons. The van der Waals surface area contributed by atoms with E-state index in [4.69, 9.17) is 0 Å². The Morgan fingerprint density at radius 1 is 1.53 bits per heavy atom. The first-order valence-electron chi connectivity index (χ1n) is 5.12. The van der Waals surface area contributed by atoms with E-state index in [1.165, 1.54) is 36.2 Å². The summed E-state index contributed by atoms with van der Waals surface area (Å²) in [4.78, 5) is 26.0. The van der Waals surface area contributed by atoms with Crippen molar-refractivity contribution in [3.8, 4) is 5.69 Å². The van der Waals surface area contributed by atoms with Crippen LogP contribution in [0.4, 0.5) is 5.69 Å². The number of hydroxylamine groups is 1. The van der Waals surface area contributed by atoms with Gasteiger partial charge in [0, 0.05) is 12.1 Å². The van der Waals surface area contributed by atoms with Gasteiger partial charge in [0.05, 0.1) is 23.9 Å². The third-order valence-corrected chi connectivity index (χ3v) is 2.23. The number of nitrogens with one attached hydrogen (secondary N) is 1. The van der Waals surface area contributed by atoms with Gasteiger partial charge >= 0.3 is 0 Å². The first-order chi connectivity index (χ1) is 9.11. The van der Waals surface area contributed by atoms with Crippen LogP contribution in [-0.2, 0) is 4.84 Å². The van der Waals surface area contributed by atoms with Crippen LogP contribution in [0.15, 0.2) is 30.5 Å². The third kappa shape index (κ3) is 2.72. The summed E-state index contributed by atoms with van der Waals surface area (Å²) in [5.41, 5.74) is 2.48. The predicted molar refractivity (Wildman–Crippen MR) is 62.5 cm³/mol. The highest BCUT2D eigenvalue weighted by Gasteiger charge is 2.12. The number of nitrogens with zero attached hydrogens (tertiary/aromatic N) is 4. The average Bonchev–Trinajstić information content (AvgIpc) is 2.89. The quantitative estimate of drug-likeness (QED) is 0.633. The number of carbonyl (C=O) groups excluding carboxylic acids is 1. The summed E-state index contributed by atoms with van der Waals surface area (Å²) in [5.74, 6) is -0.556. The van der Waals surface area contributed by atoms with Crippen LogP contribution in [-0.4, -0.2) is 32.9 Å². The molecule has 0 saturated carbocycles. The molecule has 1 aromatic heterocycles. The highest BCUT2D eigenvalue weighted by molar-refractivity contribution is 5.91. The molecule has 1 N–H and O–H groups in total. The Balaban J connectivity index is 2.30. The van der Waals surface area contributed by atoms with Crippen molar-refractivity contribution < 1.29 is 14.6 Å². The number of aromatic nitrogens is 3. The fraction of sp³-hybridized carbons (Fsp3) is 0.100. The molecule has 0 saturated heterocycles. The Hall–Kier alpha value is -2.81. The molecule has 1 heterocycles. The maximum absolute atomic E-state index is 11.4. The van der Waals surface area contributed by atoms with E-state index in [9.17, 15) is 14.9 Å². The number of amides is 1. The molecule has 0 fully saturated rings. The number of rotatable bonds is 4. The Bertz CT molecular complexity index is 624. The van der Waals surface area contributed by atoms with Gasteiger partial charge in [0.15, 0.2) is 5.69 Å². The molecule has 1 amide bonds. The Kier molecular flexibility index (Phi) is 3.48. The van der Waals surface area contributed by atoms with Gasteiger partial charge in [-0.2, -0.15) is 0 Å². The fourth-order valence-corrected chi connectivity index (χ4v) is 1.39. The van der Waals surface area contributed by atoms with Crippen molar-refractivity contribution in [1.82, 2.24) is 20.5 Å². The van der Waals surface area contributed by atoms with E-state index < -0.39 is 10.8 Å². The van der Waals surface area contributed by atoms with Gasteiger partial charge in [0.1, 0.15) is 0 Å². The molecule has 0 bridgehead atoms. The van der Waals surface area contributed by atoms with Crippen molar-refractivity contribution in [2.45, 2.75) is 0 Å². The lowest BCUT2D eigenvalue weighted by Crippen LogP contribution is -2.22. The van der Waals surface area contributed by atoms with Gasteiger partial charge in [0.25, 0.3) is 11.6 Å². The van der Waals surface area contributed by atoms with Gasteiger partial charge in [-0.15, -0.1) is 5.10 Å². The number of hydrogen-bond donors (Lipinski definition) is 1. The first-order valence-corrected chi connectivity index (χ1v) is 5.12. The fourth-order valence-electron chi connectivity index (χ4n) is 1.39. The minimum atomic E-state index is -0.556. The maximum atomic E-state index is 11.4. The molecule has 0 unspecified atom stereocenters. The number of carbonyl (C=O) groups is 1. The average molecular weight is 263 g/mol. The van der Waals surface area contributed by atoms with E-state index in [2.05, 4.69) is 20.6 Å². The molecular formula is C10H9N5O4. The highest BCUT2D eigenvalue weighted by atomic mass is 16.6. The molecule has 9 nitrogen and oxygen atoms in total. The third-order valence-electron chi connectivity index (χ3n) is 2.23. The van der Waals surface area contributed by atoms with E-state index in [1.807, 2.05) is 0 Å². The van der Waals surface area contributed by atoms with Gasteiger partial charge in [0.2, 0.25) is 0 Å². The monoisotopic (exact) mass is 263 g/mol. The van der Waals surface area contributed by atoms with Crippen molar-refractivity contribution in [1.29, 1.82) is 0 Å². The Morgan fingerprint density at radius 3 is 3.00 bits per heavy atom. The second-order valence-corrected chi connectivity index (χ2v) is 3.46. The van der Waals surface area contributed by atoms with Gasteiger partial charge in [-0.25, -0.2) is 10.2 Å². The van der Waals surface area contributed by atoms with E-state index in [-0.39, 0.29) is 11.4 Å². The smallest absolute Gasteiger partial charge is 0.277 e. The van der Waals surface area contributed by atoms with Crippen LogP contribution in [0.1, 0.15) is 10.5 Å². The first kappa shape index (κ1) is 12.6.